The zero-order chi connectivity index (χ0) is 11.5. The summed E-state index contributed by atoms with van der Waals surface area (Å²) in [5.74, 6) is 0.863. The smallest absolute Gasteiger partial charge is 0.0146 e. The van der Waals surface area contributed by atoms with Gasteiger partial charge < -0.3 is 10.6 Å². The largest absolute Gasteiger partial charge is 0.330 e. The van der Waals surface area contributed by atoms with Crippen LogP contribution in [-0.2, 0) is 0 Å². The van der Waals surface area contributed by atoms with Gasteiger partial charge in [-0.15, -0.1) is 0 Å². The van der Waals surface area contributed by atoms with Crippen molar-refractivity contribution in [3.8, 4) is 0 Å². The molecule has 0 radical (unpaired) electrons. The lowest BCUT2D eigenvalue weighted by Crippen LogP contribution is -2.54. The van der Waals surface area contributed by atoms with Crippen LogP contribution >= 0.6 is 0 Å². The SMILES string of the molecule is CCC1CCN(C)C(CC)C1(C)CCN. The Labute approximate surface area is 95.2 Å². The van der Waals surface area contributed by atoms with E-state index >= 15 is 0 Å². The van der Waals surface area contributed by atoms with Crippen molar-refractivity contribution in [2.45, 2.75) is 52.5 Å². The van der Waals surface area contributed by atoms with Crippen LogP contribution in [0.25, 0.3) is 0 Å². The first-order chi connectivity index (χ1) is 7.10. The molecule has 2 heteroatoms. The average molecular weight is 212 g/mol. The van der Waals surface area contributed by atoms with Gasteiger partial charge in [0.05, 0.1) is 0 Å². The Morgan fingerprint density at radius 2 is 2.00 bits per heavy atom. The second-order valence-corrected chi connectivity index (χ2v) is 5.34. The molecule has 2 nitrogen and oxygen atoms in total. The van der Waals surface area contributed by atoms with E-state index in [2.05, 4.69) is 32.7 Å². The lowest BCUT2D eigenvalue weighted by Gasteiger charge is -2.52. The van der Waals surface area contributed by atoms with Crippen molar-refractivity contribution in [3.63, 3.8) is 0 Å². The minimum Gasteiger partial charge on any atom is -0.330 e. The van der Waals surface area contributed by atoms with E-state index in [1.165, 1.54) is 32.2 Å². The molecular formula is C13H28N2. The Kier molecular flexibility index (Phi) is 4.60. The third kappa shape index (κ3) is 2.36. The molecule has 1 fully saturated rings. The molecule has 0 aromatic heterocycles. The van der Waals surface area contributed by atoms with E-state index in [4.69, 9.17) is 5.73 Å². The van der Waals surface area contributed by atoms with Crippen LogP contribution < -0.4 is 5.73 Å². The zero-order valence-corrected chi connectivity index (χ0v) is 10.9. The number of nitrogens with zero attached hydrogens (tertiary/aromatic N) is 1. The van der Waals surface area contributed by atoms with Crippen molar-refractivity contribution in [2.75, 3.05) is 20.1 Å². The van der Waals surface area contributed by atoms with Gasteiger partial charge in [-0.25, -0.2) is 0 Å². The fourth-order valence-electron chi connectivity index (χ4n) is 3.75. The number of piperidine rings is 1. The van der Waals surface area contributed by atoms with Crippen molar-refractivity contribution in [1.82, 2.24) is 4.90 Å². The van der Waals surface area contributed by atoms with Crippen LogP contribution in [0.15, 0.2) is 0 Å². The molecule has 1 saturated heterocycles. The van der Waals surface area contributed by atoms with Crippen molar-refractivity contribution in [2.24, 2.45) is 17.1 Å². The standard InChI is InChI=1S/C13H28N2/c1-5-11-7-10-15(4)12(6-2)13(11,3)8-9-14/h11-12H,5-10,14H2,1-4H3. The molecule has 2 N–H and O–H groups in total. The van der Waals surface area contributed by atoms with Gasteiger partial charge in [0.2, 0.25) is 0 Å². The van der Waals surface area contributed by atoms with Gasteiger partial charge in [-0.3, -0.25) is 0 Å². The van der Waals surface area contributed by atoms with Crippen LogP contribution in [0.4, 0.5) is 0 Å². The summed E-state index contributed by atoms with van der Waals surface area (Å²) >= 11 is 0. The maximum absolute atomic E-state index is 5.81. The van der Waals surface area contributed by atoms with Crippen molar-refractivity contribution >= 4 is 0 Å². The molecule has 0 bridgehead atoms. The molecule has 3 unspecified atom stereocenters. The fraction of sp³-hybridized carbons (Fsp3) is 1.00. The van der Waals surface area contributed by atoms with Gasteiger partial charge in [0.25, 0.3) is 0 Å². The minimum absolute atomic E-state index is 0.436. The average Bonchev–Trinajstić information content (AvgIpc) is 2.18. The van der Waals surface area contributed by atoms with E-state index in [0.717, 1.165) is 18.5 Å². The molecule has 1 aliphatic rings. The highest BCUT2D eigenvalue weighted by Gasteiger charge is 2.43. The minimum atomic E-state index is 0.436. The van der Waals surface area contributed by atoms with E-state index < -0.39 is 0 Å². The summed E-state index contributed by atoms with van der Waals surface area (Å²) < 4.78 is 0. The molecule has 0 saturated carbocycles. The normalized spacial score (nSPS) is 38.2. The van der Waals surface area contributed by atoms with Gasteiger partial charge in [-0.05, 0) is 50.7 Å². The van der Waals surface area contributed by atoms with Crippen molar-refractivity contribution in [3.05, 3.63) is 0 Å². The highest BCUT2D eigenvalue weighted by atomic mass is 15.1. The molecule has 0 aromatic carbocycles. The van der Waals surface area contributed by atoms with E-state index in [0.29, 0.717) is 5.41 Å². The first-order valence-corrected chi connectivity index (χ1v) is 6.50. The van der Waals surface area contributed by atoms with Gasteiger partial charge in [-0.1, -0.05) is 27.2 Å². The second kappa shape index (κ2) is 5.31. The van der Waals surface area contributed by atoms with Gasteiger partial charge in [0.1, 0.15) is 0 Å². The number of likely N-dealkylation sites (tertiary alicyclic amines) is 1. The highest BCUT2D eigenvalue weighted by Crippen LogP contribution is 2.45. The number of rotatable bonds is 4. The number of hydrogen-bond acceptors (Lipinski definition) is 2. The van der Waals surface area contributed by atoms with Crippen molar-refractivity contribution in [1.29, 1.82) is 0 Å². The molecule has 0 amide bonds. The molecule has 15 heavy (non-hydrogen) atoms. The zero-order valence-electron chi connectivity index (χ0n) is 10.9. The molecule has 1 heterocycles. The Morgan fingerprint density at radius 1 is 1.33 bits per heavy atom. The van der Waals surface area contributed by atoms with Crippen LogP contribution in [0.3, 0.4) is 0 Å². The van der Waals surface area contributed by atoms with Gasteiger partial charge >= 0.3 is 0 Å². The Bertz CT molecular complexity index is 193. The third-order valence-corrected chi connectivity index (χ3v) is 4.62. The van der Waals surface area contributed by atoms with Gasteiger partial charge in [-0.2, -0.15) is 0 Å². The molecular weight excluding hydrogens is 184 g/mol. The van der Waals surface area contributed by atoms with Crippen LogP contribution in [0.2, 0.25) is 0 Å². The van der Waals surface area contributed by atoms with Crippen molar-refractivity contribution < 1.29 is 0 Å². The van der Waals surface area contributed by atoms with Crippen LogP contribution in [0, 0.1) is 11.3 Å². The molecule has 0 spiro atoms. The first-order valence-electron chi connectivity index (χ1n) is 6.50. The Hall–Kier alpha value is -0.0800. The monoisotopic (exact) mass is 212 g/mol. The van der Waals surface area contributed by atoms with E-state index in [1.807, 2.05) is 0 Å². The summed E-state index contributed by atoms with van der Waals surface area (Å²) in [6.07, 6.45) is 5.08. The maximum Gasteiger partial charge on any atom is 0.0146 e. The second-order valence-electron chi connectivity index (χ2n) is 5.34. The lowest BCUT2D eigenvalue weighted by atomic mass is 9.63. The molecule has 0 aliphatic carbocycles. The quantitative estimate of drug-likeness (QED) is 0.776. The number of nitrogens with two attached hydrogens (primary N) is 1. The van der Waals surface area contributed by atoms with E-state index in [1.54, 1.807) is 0 Å². The summed E-state index contributed by atoms with van der Waals surface area (Å²) in [5, 5.41) is 0. The third-order valence-electron chi connectivity index (χ3n) is 4.62. The predicted molar refractivity (Wildman–Crippen MR) is 66.9 cm³/mol. The lowest BCUT2D eigenvalue weighted by molar-refractivity contribution is -0.0187. The van der Waals surface area contributed by atoms with Crippen LogP contribution in [-0.4, -0.2) is 31.1 Å². The molecule has 1 aliphatic heterocycles. The topological polar surface area (TPSA) is 29.3 Å². The molecule has 1 rings (SSSR count). The summed E-state index contributed by atoms with van der Waals surface area (Å²) in [6, 6.07) is 0.722. The van der Waals surface area contributed by atoms with Gasteiger partial charge in [0.15, 0.2) is 0 Å². The first kappa shape index (κ1) is 13.0. The summed E-state index contributed by atoms with van der Waals surface area (Å²) in [6.45, 7) is 9.19. The number of hydrogen-bond donors (Lipinski definition) is 1. The van der Waals surface area contributed by atoms with E-state index in [-0.39, 0.29) is 0 Å². The maximum atomic E-state index is 5.81. The summed E-state index contributed by atoms with van der Waals surface area (Å²) in [4.78, 5) is 2.54. The molecule has 0 aromatic rings. The van der Waals surface area contributed by atoms with Crippen LogP contribution in [0.1, 0.15) is 46.5 Å². The highest BCUT2D eigenvalue weighted by molar-refractivity contribution is 4.96. The summed E-state index contributed by atoms with van der Waals surface area (Å²) in [5.41, 5.74) is 6.24. The fourth-order valence-corrected chi connectivity index (χ4v) is 3.75. The van der Waals surface area contributed by atoms with Crippen LogP contribution in [0.5, 0.6) is 0 Å². The predicted octanol–water partition coefficient (Wildman–Crippen LogP) is 2.48. The summed E-state index contributed by atoms with van der Waals surface area (Å²) in [7, 11) is 2.27. The Balaban J connectivity index is 2.87. The van der Waals surface area contributed by atoms with E-state index in [9.17, 15) is 0 Å². The molecule has 3 atom stereocenters. The Morgan fingerprint density at radius 3 is 2.47 bits per heavy atom. The molecule has 90 valence electrons. The van der Waals surface area contributed by atoms with Gasteiger partial charge in [0, 0.05) is 6.04 Å².